The molecule has 0 aliphatic heterocycles. The van der Waals surface area contributed by atoms with Gasteiger partial charge >= 0.3 is 21.3 Å². The molecule has 7 nitrogen and oxygen atoms in total. The molecule has 0 aromatic rings. The molecule has 0 saturated carbocycles. The van der Waals surface area contributed by atoms with Crippen LogP contribution in [0.4, 0.5) is 8.78 Å². The van der Waals surface area contributed by atoms with E-state index in [0.29, 0.717) is 19.6 Å². The first-order chi connectivity index (χ1) is 8.73. The molecule has 0 saturated heterocycles. The summed E-state index contributed by atoms with van der Waals surface area (Å²) in [5.74, 6) is -2.31. The molecule has 10 heteroatoms. The van der Waals surface area contributed by atoms with Gasteiger partial charge in [0, 0.05) is 33.4 Å². The highest BCUT2D eigenvalue weighted by Crippen LogP contribution is 2.22. The lowest BCUT2D eigenvalue weighted by Gasteiger charge is -2.11. The molecule has 114 valence electrons. The van der Waals surface area contributed by atoms with E-state index in [2.05, 4.69) is 4.74 Å². The first kappa shape index (κ1) is 18.2. The molecule has 0 amide bonds. The van der Waals surface area contributed by atoms with Crippen molar-refractivity contribution in [2.75, 3.05) is 33.5 Å². The van der Waals surface area contributed by atoms with Gasteiger partial charge in [0.25, 0.3) is 0 Å². The van der Waals surface area contributed by atoms with Crippen molar-refractivity contribution in [3.05, 3.63) is 0 Å². The van der Waals surface area contributed by atoms with E-state index >= 15 is 0 Å². The zero-order chi connectivity index (χ0) is 14.9. The summed E-state index contributed by atoms with van der Waals surface area (Å²) in [7, 11) is -4.28. The topological polar surface area (TPSA) is 99.1 Å². The van der Waals surface area contributed by atoms with E-state index in [9.17, 15) is 22.0 Å². The van der Waals surface area contributed by atoms with Crippen molar-refractivity contribution in [2.45, 2.75) is 18.1 Å². The highest BCUT2D eigenvalue weighted by atomic mass is 32.2. The van der Waals surface area contributed by atoms with E-state index in [0.717, 1.165) is 0 Å². The average Bonchev–Trinajstić information content (AvgIpc) is 2.30. The van der Waals surface area contributed by atoms with Crippen LogP contribution in [-0.4, -0.2) is 57.7 Å². The molecule has 0 spiro atoms. The molecule has 0 unspecified atom stereocenters. The van der Waals surface area contributed by atoms with Crippen molar-refractivity contribution in [2.24, 2.45) is 0 Å². The van der Waals surface area contributed by atoms with Gasteiger partial charge in [0.15, 0.2) is 0 Å². The van der Waals surface area contributed by atoms with Crippen molar-refractivity contribution >= 4 is 16.1 Å². The number of hydrogen-bond acceptors (Lipinski definition) is 6. The van der Waals surface area contributed by atoms with Crippen molar-refractivity contribution in [3.8, 4) is 0 Å². The number of methoxy groups -OCH3 is 1. The lowest BCUT2D eigenvalue weighted by Crippen LogP contribution is -2.39. The zero-order valence-electron chi connectivity index (χ0n) is 10.3. The van der Waals surface area contributed by atoms with Crippen LogP contribution < -0.4 is 0 Å². The number of esters is 1. The molecule has 0 atom stereocenters. The smallest absolute Gasteiger partial charge is 0.460 e. The van der Waals surface area contributed by atoms with Crippen LogP contribution in [0.15, 0.2) is 0 Å². The predicted molar refractivity (Wildman–Crippen MR) is 59.4 cm³/mol. The number of ether oxygens (including phenoxy) is 3. The van der Waals surface area contributed by atoms with Gasteiger partial charge in [-0.2, -0.15) is 17.2 Å². The molecule has 19 heavy (non-hydrogen) atoms. The molecule has 0 rings (SSSR count). The molecule has 0 heterocycles. The second kappa shape index (κ2) is 8.35. The van der Waals surface area contributed by atoms with Crippen molar-refractivity contribution < 1.29 is 40.8 Å². The number of halogens is 2. The molecule has 0 aromatic heterocycles. The van der Waals surface area contributed by atoms with Gasteiger partial charge in [0.05, 0.1) is 6.61 Å². The summed E-state index contributed by atoms with van der Waals surface area (Å²) in [5, 5.41) is -4.95. The van der Waals surface area contributed by atoms with Crippen molar-refractivity contribution in [1.82, 2.24) is 0 Å². The minimum Gasteiger partial charge on any atom is -0.460 e. The second-order valence-electron chi connectivity index (χ2n) is 3.44. The quantitative estimate of drug-likeness (QED) is 0.355. The molecular formula is C9H16F2O7S. The standard InChI is InChI=1S/C9H16F2O7S/c1-16-4-2-5-17-6-3-7-18-8(12)9(10,11)19(13,14)15/h2-7H2,1H3,(H,13,14,15). The molecule has 0 aliphatic carbocycles. The molecule has 0 bridgehead atoms. The van der Waals surface area contributed by atoms with E-state index in [1.807, 2.05) is 0 Å². The third-order valence-electron chi connectivity index (χ3n) is 1.86. The molecule has 0 fully saturated rings. The van der Waals surface area contributed by atoms with Gasteiger partial charge in [0.1, 0.15) is 0 Å². The lowest BCUT2D eigenvalue weighted by molar-refractivity contribution is -0.161. The Kier molecular flexibility index (Phi) is 7.99. The van der Waals surface area contributed by atoms with Gasteiger partial charge in [0.2, 0.25) is 0 Å². The fraction of sp³-hybridized carbons (Fsp3) is 0.889. The van der Waals surface area contributed by atoms with Crippen LogP contribution in [-0.2, 0) is 29.1 Å². The summed E-state index contributed by atoms with van der Waals surface area (Å²) < 4.78 is 67.7. The predicted octanol–water partition coefficient (Wildman–Crippen LogP) is 0.453. The van der Waals surface area contributed by atoms with Gasteiger partial charge in [-0.1, -0.05) is 0 Å². The molecule has 1 N–H and O–H groups in total. The van der Waals surface area contributed by atoms with E-state index in [1.54, 1.807) is 0 Å². The van der Waals surface area contributed by atoms with Crippen LogP contribution in [0.3, 0.4) is 0 Å². The van der Waals surface area contributed by atoms with E-state index in [4.69, 9.17) is 14.0 Å². The highest BCUT2D eigenvalue weighted by Gasteiger charge is 2.54. The Balaban J connectivity index is 3.76. The van der Waals surface area contributed by atoms with Crippen LogP contribution in [0.5, 0.6) is 0 Å². The number of carbonyl (C=O) groups excluding carboxylic acids is 1. The zero-order valence-corrected chi connectivity index (χ0v) is 11.1. The number of alkyl halides is 2. The van der Waals surface area contributed by atoms with Gasteiger partial charge in [-0.15, -0.1) is 0 Å². The van der Waals surface area contributed by atoms with Crippen LogP contribution in [0.2, 0.25) is 0 Å². The third-order valence-corrected chi connectivity index (χ3v) is 2.68. The van der Waals surface area contributed by atoms with E-state index < -0.39 is 27.9 Å². The SMILES string of the molecule is COCCCOCCCOC(=O)C(F)(F)S(=O)(=O)O. The Hall–Kier alpha value is -0.840. The van der Waals surface area contributed by atoms with E-state index in [1.165, 1.54) is 7.11 Å². The van der Waals surface area contributed by atoms with Crippen LogP contribution >= 0.6 is 0 Å². The summed E-state index contributed by atoms with van der Waals surface area (Å²) in [6.07, 6.45) is 0.789. The summed E-state index contributed by atoms with van der Waals surface area (Å²) >= 11 is 0. The Morgan fingerprint density at radius 2 is 1.68 bits per heavy atom. The Labute approximate surface area is 109 Å². The highest BCUT2D eigenvalue weighted by molar-refractivity contribution is 7.87. The molecule has 0 aliphatic rings. The monoisotopic (exact) mass is 306 g/mol. The maximum Gasteiger partial charge on any atom is 0.465 e. The average molecular weight is 306 g/mol. The van der Waals surface area contributed by atoms with E-state index in [-0.39, 0.29) is 13.0 Å². The molecule has 0 aromatic carbocycles. The van der Waals surface area contributed by atoms with Crippen molar-refractivity contribution in [1.29, 1.82) is 0 Å². The minimum atomic E-state index is -5.81. The van der Waals surface area contributed by atoms with Crippen LogP contribution in [0, 0.1) is 0 Å². The van der Waals surface area contributed by atoms with Crippen molar-refractivity contribution in [3.63, 3.8) is 0 Å². The number of rotatable bonds is 10. The Morgan fingerprint density at radius 3 is 2.16 bits per heavy atom. The first-order valence-electron chi connectivity index (χ1n) is 5.32. The first-order valence-corrected chi connectivity index (χ1v) is 6.76. The third kappa shape index (κ3) is 6.76. The normalized spacial score (nSPS) is 12.4. The second-order valence-corrected chi connectivity index (χ2v) is 4.90. The van der Waals surface area contributed by atoms with Crippen LogP contribution in [0.1, 0.15) is 12.8 Å². The fourth-order valence-corrected chi connectivity index (χ4v) is 1.19. The maximum absolute atomic E-state index is 12.7. The van der Waals surface area contributed by atoms with Gasteiger partial charge in [-0.05, 0) is 6.42 Å². The van der Waals surface area contributed by atoms with Gasteiger partial charge in [-0.3, -0.25) is 4.55 Å². The van der Waals surface area contributed by atoms with Crippen LogP contribution in [0.25, 0.3) is 0 Å². The maximum atomic E-state index is 12.7. The summed E-state index contributed by atoms with van der Waals surface area (Å²) in [6.45, 7) is 0.654. The number of hydrogen-bond donors (Lipinski definition) is 1. The fourth-order valence-electron chi connectivity index (χ4n) is 0.923. The van der Waals surface area contributed by atoms with Gasteiger partial charge < -0.3 is 14.2 Å². The largest absolute Gasteiger partial charge is 0.465 e. The molecular weight excluding hydrogens is 290 g/mol. The number of carbonyl (C=O) groups is 1. The summed E-state index contributed by atoms with van der Waals surface area (Å²) in [6, 6.07) is 0. The molecule has 0 radical (unpaired) electrons. The van der Waals surface area contributed by atoms with Gasteiger partial charge in [-0.25, -0.2) is 4.79 Å². The minimum absolute atomic E-state index is 0.125. The lowest BCUT2D eigenvalue weighted by atomic mass is 10.4. The summed E-state index contributed by atoms with van der Waals surface area (Å²) in [5.41, 5.74) is 0. The Morgan fingerprint density at radius 1 is 1.16 bits per heavy atom. The summed E-state index contributed by atoms with van der Waals surface area (Å²) in [4.78, 5) is 10.7. The Bertz CT molecular complexity index is 369.